The Bertz CT molecular complexity index is 836. The Hall–Kier alpha value is -2.54. The topological polar surface area (TPSA) is 49.6 Å². The van der Waals surface area contributed by atoms with Crippen molar-refractivity contribution >= 4 is 11.5 Å². The molecule has 2 aromatic heterocycles. The van der Waals surface area contributed by atoms with Gasteiger partial charge in [-0.2, -0.15) is 0 Å². The van der Waals surface area contributed by atoms with Crippen LogP contribution in [-0.4, -0.2) is 50.7 Å². The molecule has 0 saturated carbocycles. The first-order valence-corrected chi connectivity index (χ1v) is 8.09. The fourth-order valence-corrected chi connectivity index (χ4v) is 3.12. The van der Waals surface area contributed by atoms with E-state index in [1.54, 1.807) is 6.20 Å². The molecule has 0 radical (unpaired) electrons. The average molecular weight is 326 g/mol. The molecule has 1 aromatic carbocycles. The van der Waals surface area contributed by atoms with Crippen LogP contribution in [0.2, 0.25) is 0 Å². The van der Waals surface area contributed by atoms with Crippen LogP contribution in [0.4, 0.5) is 10.2 Å². The highest BCUT2D eigenvalue weighted by molar-refractivity contribution is 5.63. The van der Waals surface area contributed by atoms with Gasteiger partial charge in [-0.25, -0.2) is 9.37 Å². The molecule has 0 bridgehead atoms. The molecule has 7 heteroatoms. The summed E-state index contributed by atoms with van der Waals surface area (Å²) in [7, 11) is 0. The van der Waals surface area contributed by atoms with Crippen LogP contribution in [0.15, 0.2) is 36.7 Å². The summed E-state index contributed by atoms with van der Waals surface area (Å²) in [4.78, 5) is 9.13. The first-order chi connectivity index (χ1) is 11.7. The van der Waals surface area contributed by atoms with Crippen molar-refractivity contribution in [3.8, 4) is 0 Å². The van der Waals surface area contributed by atoms with Crippen molar-refractivity contribution in [1.82, 2.24) is 24.5 Å². The number of benzene rings is 1. The maximum Gasteiger partial charge on any atom is 0.203 e. The molecule has 1 saturated heterocycles. The van der Waals surface area contributed by atoms with Crippen molar-refractivity contribution in [2.45, 2.75) is 13.5 Å². The third-order valence-electron chi connectivity index (χ3n) is 4.47. The Balaban J connectivity index is 1.44. The lowest BCUT2D eigenvalue weighted by Gasteiger charge is -2.35. The van der Waals surface area contributed by atoms with E-state index in [9.17, 15) is 4.39 Å². The molecule has 1 aliphatic heterocycles. The minimum absolute atomic E-state index is 0.189. The van der Waals surface area contributed by atoms with Crippen LogP contribution in [-0.2, 0) is 6.54 Å². The third kappa shape index (κ3) is 2.82. The average Bonchev–Trinajstić information content (AvgIpc) is 2.99. The van der Waals surface area contributed by atoms with Gasteiger partial charge in [0.1, 0.15) is 11.6 Å². The molecule has 1 aliphatic rings. The van der Waals surface area contributed by atoms with Crippen molar-refractivity contribution in [3.05, 3.63) is 53.9 Å². The molecule has 24 heavy (non-hydrogen) atoms. The summed E-state index contributed by atoms with van der Waals surface area (Å²) in [6.07, 6.45) is 3.68. The molecule has 4 rings (SSSR count). The number of hydrogen-bond donors (Lipinski definition) is 0. The number of nitrogens with zero attached hydrogens (tertiary/aromatic N) is 6. The van der Waals surface area contributed by atoms with E-state index in [1.807, 2.05) is 29.7 Å². The molecule has 0 spiro atoms. The number of piperazine rings is 1. The minimum atomic E-state index is -0.189. The first kappa shape index (κ1) is 15.0. The van der Waals surface area contributed by atoms with Gasteiger partial charge in [-0.15, -0.1) is 10.2 Å². The summed E-state index contributed by atoms with van der Waals surface area (Å²) >= 11 is 0. The summed E-state index contributed by atoms with van der Waals surface area (Å²) in [5.41, 5.74) is 1.94. The Morgan fingerprint density at radius 1 is 1.04 bits per heavy atom. The van der Waals surface area contributed by atoms with E-state index in [0.29, 0.717) is 0 Å². The van der Waals surface area contributed by atoms with Crippen molar-refractivity contribution in [2.24, 2.45) is 0 Å². The quantitative estimate of drug-likeness (QED) is 0.736. The van der Waals surface area contributed by atoms with Gasteiger partial charge in [0.2, 0.25) is 5.65 Å². The predicted octanol–water partition coefficient (Wildman–Crippen LogP) is 1.89. The summed E-state index contributed by atoms with van der Waals surface area (Å²) < 4.78 is 15.0. The number of halogens is 1. The highest BCUT2D eigenvalue weighted by Gasteiger charge is 2.21. The second-order valence-electron chi connectivity index (χ2n) is 6.08. The number of fused-ring (bicyclic) bond motifs is 1. The lowest BCUT2D eigenvalue weighted by molar-refractivity contribution is 0.249. The first-order valence-electron chi connectivity index (χ1n) is 8.09. The Morgan fingerprint density at radius 2 is 1.79 bits per heavy atom. The van der Waals surface area contributed by atoms with Gasteiger partial charge in [-0.05, 0) is 24.6 Å². The summed E-state index contributed by atoms with van der Waals surface area (Å²) in [6, 6.07) is 6.74. The zero-order chi connectivity index (χ0) is 16.5. The van der Waals surface area contributed by atoms with Gasteiger partial charge < -0.3 is 4.90 Å². The van der Waals surface area contributed by atoms with Crippen LogP contribution in [0.1, 0.15) is 11.4 Å². The number of anilines is 1. The fourth-order valence-electron chi connectivity index (χ4n) is 3.12. The molecular formula is C17H19FN6. The van der Waals surface area contributed by atoms with Crippen molar-refractivity contribution in [2.75, 3.05) is 31.1 Å². The molecule has 0 amide bonds. The second-order valence-corrected chi connectivity index (χ2v) is 6.08. The van der Waals surface area contributed by atoms with Crippen LogP contribution in [0.5, 0.6) is 0 Å². The summed E-state index contributed by atoms with van der Waals surface area (Å²) in [5.74, 6) is 1.56. The molecule has 0 atom stereocenters. The maximum atomic E-state index is 13.0. The molecule has 3 heterocycles. The van der Waals surface area contributed by atoms with E-state index >= 15 is 0 Å². The molecular weight excluding hydrogens is 307 g/mol. The Morgan fingerprint density at radius 3 is 2.54 bits per heavy atom. The van der Waals surface area contributed by atoms with E-state index < -0.39 is 0 Å². The summed E-state index contributed by atoms with van der Waals surface area (Å²) in [6.45, 7) is 6.43. The molecule has 0 aliphatic carbocycles. The molecule has 124 valence electrons. The van der Waals surface area contributed by atoms with E-state index in [2.05, 4.69) is 25.0 Å². The van der Waals surface area contributed by atoms with Gasteiger partial charge in [0.15, 0.2) is 5.82 Å². The van der Waals surface area contributed by atoms with Crippen molar-refractivity contribution in [3.63, 3.8) is 0 Å². The van der Waals surface area contributed by atoms with E-state index in [0.717, 1.165) is 55.6 Å². The van der Waals surface area contributed by atoms with E-state index in [4.69, 9.17) is 0 Å². The highest BCUT2D eigenvalue weighted by Crippen LogP contribution is 2.19. The predicted molar refractivity (Wildman–Crippen MR) is 89.4 cm³/mol. The second kappa shape index (κ2) is 6.16. The van der Waals surface area contributed by atoms with Gasteiger partial charge in [0.05, 0.1) is 0 Å². The molecule has 6 nitrogen and oxygen atoms in total. The van der Waals surface area contributed by atoms with E-state index in [-0.39, 0.29) is 5.82 Å². The molecule has 1 fully saturated rings. The smallest absolute Gasteiger partial charge is 0.203 e. The lowest BCUT2D eigenvalue weighted by Crippen LogP contribution is -2.46. The van der Waals surface area contributed by atoms with Crippen LogP contribution >= 0.6 is 0 Å². The largest absolute Gasteiger partial charge is 0.351 e. The van der Waals surface area contributed by atoms with Crippen LogP contribution < -0.4 is 4.90 Å². The van der Waals surface area contributed by atoms with E-state index in [1.165, 1.54) is 12.1 Å². The zero-order valence-electron chi connectivity index (χ0n) is 13.6. The van der Waals surface area contributed by atoms with Crippen molar-refractivity contribution in [1.29, 1.82) is 0 Å². The minimum Gasteiger partial charge on any atom is -0.351 e. The number of hydrogen-bond acceptors (Lipinski definition) is 5. The Kier molecular flexibility index (Phi) is 3.86. The number of aromatic nitrogens is 4. The van der Waals surface area contributed by atoms with Crippen LogP contribution in [0.25, 0.3) is 5.65 Å². The zero-order valence-corrected chi connectivity index (χ0v) is 13.6. The fraction of sp³-hybridized carbons (Fsp3) is 0.353. The van der Waals surface area contributed by atoms with Gasteiger partial charge in [-0.1, -0.05) is 12.1 Å². The maximum absolute atomic E-state index is 13.0. The summed E-state index contributed by atoms with van der Waals surface area (Å²) in [5, 5.41) is 8.38. The van der Waals surface area contributed by atoms with Crippen LogP contribution in [0.3, 0.4) is 0 Å². The van der Waals surface area contributed by atoms with Gasteiger partial charge >= 0.3 is 0 Å². The lowest BCUT2D eigenvalue weighted by atomic mass is 10.2. The standard InChI is InChI=1S/C17H19FN6/c1-13-20-21-17-16(19-6-7-24(13)17)23-10-8-22(9-11-23)12-14-2-4-15(18)5-3-14/h2-7H,8-12H2,1H3. The van der Waals surface area contributed by atoms with Gasteiger partial charge in [-0.3, -0.25) is 9.30 Å². The monoisotopic (exact) mass is 326 g/mol. The molecule has 3 aromatic rings. The van der Waals surface area contributed by atoms with Gasteiger partial charge in [0, 0.05) is 45.1 Å². The molecule has 0 unspecified atom stereocenters. The molecule has 0 N–H and O–H groups in total. The third-order valence-corrected chi connectivity index (χ3v) is 4.47. The SMILES string of the molecule is Cc1nnc2c(N3CCN(Cc4ccc(F)cc4)CC3)nccn12. The van der Waals surface area contributed by atoms with Crippen LogP contribution in [0, 0.1) is 12.7 Å². The number of aryl methyl sites for hydroxylation is 1. The Labute approximate surface area is 139 Å². The number of rotatable bonds is 3. The highest BCUT2D eigenvalue weighted by atomic mass is 19.1. The van der Waals surface area contributed by atoms with Gasteiger partial charge in [0.25, 0.3) is 0 Å². The van der Waals surface area contributed by atoms with Crippen molar-refractivity contribution < 1.29 is 4.39 Å². The normalized spacial score (nSPS) is 16.0.